The van der Waals surface area contributed by atoms with E-state index in [1.807, 2.05) is 0 Å². The third kappa shape index (κ3) is 1.36. The van der Waals surface area contributed by atoms with Gasteiger partial charge in [-0.2, -0.15) is 0 Å². The van der Waals surface area contributed by atoms with E-state index in [2.05, 4.69) is 6.58 Å². The monoisotopic (exact) mass is 256 g/mol. The average molecular weight is 257 g/mol. The van der Waals surface area contributed by atoms with E-state index in [0.717, 1.165) is 4.31 Å². The van der Waals surface area contributed by atoms with Crippen molar-refractivity contribution in [1.82, 2.24) is 4.31 Å². The van der Waals surface area contributed by atoms with Crippen molar-refractivity contribution in [2.24, 2.45) is 0 Å². The van der Waals surface area contributed by atoms with Gasteiger partial charge in [-0.1, -0.05) is 23.7 Å². The highest BCUT2D eigenvalue weighted by Crippen LogP contribution is 2.34. The first-order valence-corrected chi connectivity index (χ1v) is 6.33. The van der Waals surface area contributed by atoms with Gasteiger partial charge in [0.25, 0.3) is 10.0 Å². The third-order valence-electron chi connectivity index (χ3n) is 2.32. The molecular formula is C10H9ClN2O2S. The van der Waals surface area contributed by atoms with Gasteiger partial charge in [0, 0.05) is 0 Å². The minimum absolute atomic E-state index is 0.0756. The number of halogens is 1. The number of nitrogens with zero attached hydrogens (tertiary/aromatic N) is 1. The molecule has 6 heteroatoms. The second-order valence-electron chi connectivity index (χ2n) is 3.29. The third-order valence-corrected chi connectivity index (χ3v) is 4.45. The zero-order valence-electron chi connectivity index (χ0n) is 8.27. The molecule has 16 heavy (non-hydrogen) atoms. The lowest BCUT2D eigenvalue weighted by Gasteiger charge is -2.13. The van der Waals surface area contributed by atoms with Crippen molar-refractivity contribution in [3.63, 3.8) is 0 Å². The molecule has 1 aromatic carbocycles. The van der Waals surface area contributed by atoms with Crippen LogP contribution in [0.25, 0.3) is 0 Å². The van der Waals surface area contributed by atoms with Crippen LogP contribution in [-0.2, 0) is 10.0 Å². The highest BCUT2D eigenvalue weighted by atomic mass is 35.5. The van der Waals surface area contributed by atoms with Crippen LogP contribution in [0.15, 0.2) is 35.7 Å². The molecule has 0 bridgehead atoms. The maximum Gasteiger partial charge on any atom is 0.266 e. The van der Waals surface area contributed by atoms with Gasteiger partial charge in [-0.3, -0.25) is 5.41 Å². The molecule has 1 aliphatic heterocycles. The Morgan fingerprint density at radius 1 is 1.50 bits per heavy atom. The highest BCUT2D eigenvalue weighted by molar-refractivity contribution is 7.90. The van der Waals surface area contributed by atoms with Gasteiger partial charge in [-0.15, -0.1) is 6.58 Å². The zero-order valence-corrected chi connectivity index (χ0v) is 9.85. The topological polar surface area (TPSA) is 61.2 Å². The summed E-state index contributed by atoms with van der Waals surface area (Å²) in [5.41, 5.74) is 0.269. The molecule has 0 unspecified atom stereocenters. The van der Waals surface area contributed by atoms with E-state index < -0.39 is 10.0 Å². The summed E-state index contributed by atoms with van der Waals surface area (Å²) < 4.78 is 25.0. The summed E-state index contributed by atoms with van der Waals surface area (Å²) in [7, 11) is -3.63. The van der Waals surface area contributed by atoms with Crippen molar-refractivity contribution in [3.8, 4) is 0 Å². The molecule has 0 spiro atoms. The first kappa shape index (κ1) is 11.2. The largest absolute Gasteiger partial charge is 0.283 e. The lowest BCUT2D eigenvalue weighted by atomic mass is 10.2. The molecule has 0 amide bonds. The van der Waals surface area contributed by atoms with Gasteiger partial charge < -0.3 is 0 Å². The normalized spacial score (nSPS) is 17.3. The van der Waals surface area contributed by atoms with Gasteiger partial charge in [-0.25, -0.2) is 12.7 Å². The second kappa shape index (κ2) is 3.61. The molecule has 4 nitrogen and oxygen atoms in total. The number of hydrogen-bond acceptors (Lipinski definition) is 3. The summed E-state index contributed by atoms with van der Waals surface area (Å²) >= 11 is 5.90. The van der Waals surface area contributed by atoms with Gasteiger partial charge in [0.15, 0.2) is 0 Å². The minimum atomic E-state index is -3.63. The van der Waals surface area contributed by atoms with Crippen LogP contribution in [0.3, 0.4) is 0 Å². The molecule has 0 atom stereocenters. The van der Waals surface area contributed by atoms with Crippen molar-refractivity contribution in [2.75, 3.05) is 6.54 Å². The Labute approximate surface area is 98.7 Å². The first-order valence-electron chi connectivity index (χ1n) is 4.51. The number of nitrogens with one attached hydrogen (secondary N) is 1. The number of hydrogen-bond donors (Lipinski definition) is 1. The quantitative estimate of drug-likeness (QED) is 0.821. The molecule has 0 aliphatic carbocycles. The van der Waals surface area contributed by atoms with Crippen LogP contribution in [0, 0.1) is 5.41 Å². The van der Waals surface area contributed by atoms with Gasteiger partial charge in [0.1, 0.15) is 10.7 Å². The van der Waals surface area contributed by atoms with Crippen molar-refractivity contribution in [3.05, 3.63) is 41.4 Å². The molecular weight excluding hydrogens is 248 g/mol. The Morgan fingerprint density at radius 3 is 2.75 bits per heavy atom. The predicted molar refractivity (Wildman–Crippen MR) is 62.4 cm³/mol. The minimum Gasteiger partial charge on any atom is -0.283 e. The summed E-state index contributed by atoms with van der Waals surface area (Å²) in [5, 5.41) is 8.08. The molecule has 1 aromatic rings. The standard InChI is InChI=1S/C10H9ClN2O2S/c1-2-6-13-10(12)9-7(11)4-3-5-8(9)16(13,14)15/h2-5,12H,1,6H2. The molecule has 1 heterocycles. The van der Waals surface area contributed by atoms with Crippen molar-refractivity contribution >= 4 is 27.5 Å². The Kier molecular flexibility index (Phi) is 2.52. The smallest absolute Gasteiger partial charge is 0.266 e. The fraction of sp³-hybridized carbons (Fsp3) is 0.100. The van der Waals surface area contributed by atoms with Crippen LogP contribution >= 0.6 is 11.6 Å². The van der Waals surface area contributed by atoms with E-state index in [9.17, 15) is 8.42 Å². The molecule has 0 radical (unpaired) electrons. The Bertz CT molecular complexity index is 580. The molecule has 1 N–H and O–H groups in total. The van der Waals surface area contributed by atoms with E-state index in [1.54, 1.807) is 12.1 Å². The van der Waals surface area contributed by atoms with Crippen molar-refractivity contribution in [2.45, 2.75) is 4.90 Å². The summed E-state index contributed by atoms with van der Waals surface area (Å²) in [5.74, 6) is -0.0968. The van der Waals surface area contributed by atoms with Gasteiger partial charge in [0.2, 0.25) is 0 Å². The molecule has 2 rings (SSSR count). The summed E-state index contributed by atoms with van der Waals surface area (Å²) in [6, 6.07) is 4.58. The molecule has 0 saturated carbocycles. The van der Waals surface area contributed by atoms with E-state index in [0.29, 0.717) is 0 Å². The first-order chi connectivity index (χ1) is 7.50. The number of fused-ring (bicyclic) bond motifs is 1. The van der Waals surface area contributed by atoms with Crippen LogP contribution < -0.4 is 0 Å². The summed E-state index contributed by atoms with van der Waals surface area (Å²) in [6.45, 7) is 3.55. The van der Waals surface area contributed by atoms with E-state index >= 15 is 0 Å². The maximum atomic E-state index is 12.0. The van der Waals surface area contributed by atoms with Crippen LogP contribution in [0.1, 0.15) is 5.56 Å². The van der Waals surface area contributed by atoms with E-state index in [1.165, 1.54) is 12.1 Å². The number of rotatable bonds is 2. The van der Waals surface area contributed by atoms with E-state index in [-0.39, 0.29) is 27.9 Å². The van der Waals surface area contributed by atoms with Gasteiger partial charge >= 0.3 is 0 Å². The van der Waals surface area contributed by atoms with E-state index in [4.69, 9.17) is 17.0 Å². The van der Waals surface area contributed by atoms with Gasteiger partial charge in [-0.05, 0) is 12.1 Å². The van der Waals surface area contributed by atoms with Crippen molar-refractivity contribution in [1.29, 1.82) is 5.41 Å². The molecule has 0 saturated heterocycles. The summed E-state index contributed by atoms with van der Waals surface area (Å²) in [4.78, 5) is 0.0897. The zero-order chi connectivity index (χ0) is 11.9. The number of benzene rings is 1. The predicted octanol–water partition coefficient (Wildman–Crippen LogP) is 1.86. The van der Waals surface area contributed by atoms with Crippen molar-refractivity contribution < 1.29 is 8.42 Å². The maximum absolute atomic E-state index is 12.0. The lowest BCUT2D eigenvalue weighted by molar-refractivity contribution is 0.547. The molecule has 84 valence electrons. The Hall–Kier alpha value is -1.33. The Balaban J connectivity index is 2.72. The fourth-order valence-electron chi connectivity index (χ4n) is 1.62. The second-order valence-corrected chi connectivity index (χ2v) is 5.52. The molecule has 0 fully saturated rings. The summed E-state index contributed by atoms with van der Waals surface area (Å²) in [6.07, 6.45) is 1.44. The van der Waals surface area contributed by atoms with Crippen LogP contribution in [-0.4, -0.2) is 25.1 Å². The number of amidine groups is 1. The average Bonchev–Trinajstić information content (AvgIpc) is 2.41. The van der Waals surface area contributed by atoms with Crippen LogP contribution in [0.2, 0.25) is 5.02 Å². The Morgan fingerprint density at radius 2 is 2.19 bits per heavy atom. The van der Waals surface area contributed by atoms with Crippen LogP contribution in [0.4, 0.5) is 0 Å². The lowest BCUT2D eigenvalue weighted by Crippen LogP contribution is -2.30. The highest BCUT2D eigenvalue weighted by Gasteiger charge is 2.39. The SMILES string of the molecule is C=CCN1C(=N)c2c(Cl)cccc2S1(=O)=O. The van der Waals surface area contributed by atoms with Crippen LogP contribution in [0.5, 0.6) is 0 Å². The molecule has 0 aromatic heterocycles. The number of sulfonamides is 1. The fourth-order valence-corrected chi connectivity index (χ4v) is 3.53. The van der Waals surface area contributed by atoms with Gasteiger partial charge in [0.05, 0.1) is 17.1 Å². The molecule has 1 aliphatic rings.